The normalized spacial score (nSPS) is 12.4. The van der Waals surface area contributed by atoms with Crippen molar-refractivity contribution < 1.29 is 56.2 Å². The Morgan fingerprint density at radius 3 is 2.70 bits per heavy atom. The molecule has 3 aromatic rings. The number of carbonyl (C=O) groups is 1. The number of hydrogen-bond acceptors (Lipinski definition) is 5. The van der Waals surface area contributed by atoms with Crippen LogP contribution in [0.1, 0.15) is 31.7 Å². The molecule has 0 unspecified atom stereocenters. The second-order valence-corrected chi connectivity index (χ2v) is 7.29. The molecule has 3 heterocycles. The van der Waals surface area contributed by atoms with Crippen molar-refractivity contribution in [2.75, 3.05) is 19.3 Å². The predicted molar refractivity (Wildman–Crippen MR) is 117 cm³/mol. The molecule has 0 radical (unpaired) electrons. The molecule has 1 aliphatic rings. The summed E-state index contributed by atoms with van der Waals surface area (Å²) in [7, 11) is 1.71. The van der Waals surface area contributed by atoms with Gasteiger partial charge in [-0.1, -0.05) is 38.0 Å². The molecule has 0 saturated heterocycles. The van der Waals surface area contributed by atoms with E-state index >= 15 is 0 Å². The Balaban J connectivity index is 0.000000272. The van der Waals surface area contributed by atoms with Crippen molar-refractivity contribution in [2.45, 2.75) is 33.1 Å². The van der Waals surface area contributed by atoms with Crippen LogP contribution < -0.4 is 62.4 Å². The maximum atomic E-state index is 10.3. The predicted octanol–water partition coefficient (Wildman–Crippen LogP) is 1.14. The number of pyridine rings is 3. The van der Waals surface area contributed by atoms with Crippen LogP contribution in [-0.4, -0.2) is 34.5 Å². The van der Waals surface area contributed by atoms with Crippen LogP contribution in [0.15, 0.2) is 36.8 Å². The fraction of sp³-hybridized carbons (Fsp3) is 0.364. The van der Waals surface area contributed by atoms with Crippen LogP contribution in [0.25, 0.3) is 27.3 Å². The van der Waals surface area contributed by atoms with Crippen LogP contribution in [0.4, 0.5) is 11.6 Å². The van der Waals surface area contributed by atoms with E-state index in [1.165, 1.54) is 19.3 Å². The van der Waals surface area contributed by atoms with Gasteiger partial charge in [0, 0.05) is 36.8 Å². The number of rotatable bonds is 5. The molecule has 0 spiro atoms. The second kappa shape index (κ2) is 11.7. The second-order valence-electron chi connectivity index (χ2n) is 7.29. The summed E-state index contributed by atoms with van der Waals surface area (Å²) in [5.41, 5.74) is 8.94. The van der Waals surface area contributed by atoms with Crippen LogP contribution in [0, 0.1) is 12.8 Å². The van der Waals surface area contributed by atoms with Crippen molar-refractivity contribution in [3.8, 4) is 11.3 Å². The number of aryl methyl sites for hydroxylation is 1. The van der Waals surface area contributed by atoms with Gasteiger partial charge in [0.05, 0.1) is 5.69 Å². The number of nitrogens with zero attached hydrogens (tertiary/aromatic N) is 4. The molecule has 1 fully saturated rings. The fourth-order valence-corrected chi connectivity index (χ4v) is 3.01. The Kier molecular flexibility index (Phi) is 9.64. The largest absolute Gasteiger partial charge is 1.00 e. The van der Waals surface area contributed by atoms with E-state index < -0.39 is 0 Å². The summed E-state index contributed by atoms with van der Waals surface area (Å²) in [6.45, 7) is 4.46. The summed E-state index contributed by atoms with van der Waals surface area (Å²) in [5, 5.41) is 8.68. The van der Waals surface area contributed by atoms with Crippen LogP contribution in [0.3, 0.4) is 0 Å². The van der Waals surface area contributed by atoms with Gasteiger partial charge in [0.15, 0.2) is 0 Å². The molecule has 7 nitrogen and oxygen atoms in total. The average molecular weight is 431 g/mol. The molecule has 8 heteroatoms. The number of carbonyl (C=O) groups excluding carboxylic acids is 1. The van der Waals surface area contributed by atoms with Crippen molar-refractivity contribution in [3.63, 3.8) is 0 Å². The molecular weight excluding hydrogens is 403 g/mol. The standard InChI is InChI=1S/C15H14N5.C7H13NO.K/c1-9-3-4-18-7-11(9)13-5-10-6-14(17-2)19-8-12(10)15(16)20-13;1-6(9)8-5-4-7-2-3-7;/h3-8H,1-2H3,(H2-,16,17,19,20);7H,2-5H2,1H3,(H,8,9);/q-1;;+1. The third-order valence-electron chi connectivity index (χ3n) is 4.90. The first-order valence-corrected chi connectivity index (χ1v) is 9.79. The van der Waals surface area contributed by atoms with Gasteiger partial charge < -0.3 is 21.4 Å². The molecule has 4 rings (SSSR count). The smallest absolute Gasteiger partial charge is 0.469 e. The maximum absolute atomic E-state index is 10.3. The SMILES string of the molecule is CC(=O)NCCC1CC1.C[N-]c1cc2cc(-c3cnccc3C)nc(N)c2cn1.[K+]. The van der Waals surface area contributed by atoms with Crippen molar-refractivity contribution in [1.82, 2.24) is 20.3 Å². The Labute approximate surface area is 220 Å². The zero-order valence-corrected chi connectivity index (χ0v) is 21.3. The number of amides is 1. The summed E-state index contributed by atoms with van der Waals surface area (Å²) in [6, 6.07) is 5.85. The van der Waals surface area contributed by atoms with E-state index in [9.17, 15) is 4.79 Å². The number of nitrogen functional groups attached to an aromatic ring is 1. The number of nitrogens with one attached hydrogen (secondary N) is 1. The van der Waals surface area contributed by atoms with Crippen LogP contribution >= 0.6 is 0 Å². The fourth-order valence-electron chi connectivity index (χ4n) is 3.01. The third kappa shape index (κ3) is 6.99. The summed E-state index contributed by atoms with van der Waals surface area (Å²) in [4.78, 5) is 23.2. The van der Waals surface area contributed by atoms with Crippen molar-refractivity contribution in [1.29, 1.82) is 0 Å². The molecular formula is C22H27KN6O. The number of hydrogen-bond donors (Lipinski definition) is 2. The van der Waals surface area contributed by atoms with Gasteiger partial charge >= 0.3 is 51.4 Å². The molecule has 152 valence electrons. The van der Waals surface area contributed by atoms with Crippen LogP contribution in [0.5, 0.6) is 0 Å². The molecule has 3 N–H and O–H groups in total. The van der Waals surface area contributed by atoms with E-state index in [2.05, 4.69) is 25.6 Å². The minimum atomic E-state index is 0. The zero-order chi connectivity index (χ0) is 20.8. The summed E-state index contributed by atoms with van der Waals surface area (Å²) in [5.74, 6) is 2.17. The first kappa shape index (κ1) is 24.7. The monoisotopic (exact) mass is 430 g/mol. The van der Waals surface area contributed by atoms with E-state index in [4.69, 9.17) is 5.73 Å². The minimum absolute atomic E-state index is 0. The van der Waals surface area contributed by atoms with E-state index in [0.29, 0.717) is 11.6 Å². The van der Waals surface area contributed by atoms with Crippen molar-refractivity contribution in [3.05, 3.63) is 47.7 Å². The van der Waals surface area contributed by atoms with Gasteiger partial charge in [-0.2, -0.15) is 0 Å². The van der Waals surface area contributed by atoms with E-state index in [0.717, 1.165) is 40.1 Å². The summed E-state index contributed by atoms with van der Waals surface area (Å²) < 4.78 is 0. The topological polar surface area (TPSA) is 108 Å². The van der Waals surface area contributed by atoms with Gasteiger partial charge in [0.1, 0.15) is 5.82 Å². The van der Waals surface area contributed by atoms with E-state index in [1.54, 1.807) is 32.6 Å². The maximum Gasteiger partial charge on any atom is 1.00 e. The van der Waals surface area contributed by atoms with Gasteiger partial charge in [-0.3, -0.25) is 9.78 Å². The van der Waals surface area contributed by atoms with Gasteiger partial charge in [0.2, 0.25) is 5.91 Å². The zero-order valence-electron chi connectivity index (χ0n) is 18.1. The third-order valence-corrected chi connectivity index (χ3v) is 4.90. The number of fused-ring (bicyclic) bond motifs is 1. The van der Waals surface area contributed by atoms with Gasteiger partial charge in [0.25, 0.3) is 0 Å². The molecule has 1 amide bonds. The number of nitrogens with two attached hydrogens (primary N) is 1. The van der Waals surface area contributed by atoms with Crippen molar-refractivity contribution >= 4 is 28.3 Å². The number of anilines is 1. The molecule has 1 aliphatic carbocycles. The first-order valence-electron chi connectivity index (χ1n) is 9.79. The molecule has 3 aromatic heterocycles. The molecule has 0 aromatic carbocycles. The molecule has 30 heavy (non-hydrogen) atoms. The van der Waals surface area contributed by atoms with Gasteiger partial charge in [-0.25, -0.2) is 4.98 Å². The van der Waals surface area contributed by atoms with Gasteiger partial charge in [-0.15, -0.1) is 0 Å². The molecule has 1 saturated carbocycles. The molecule has 0 atom stereocenters. The van der Waals surface area contributed by atoms with Crippen LogP contribution in [-0.2, 0) is 4.79 Å². The quantitative estimate of drug-likeness (QED) is 0.590. The first-order chi connectivity index (χ1) is 14.0. The Morgan fingerprint density at radius 2 is 2.07 bits per heavy atom. The molecule has 0 bridgehead atoms. The van der Waals surface area contributed by atoms with Gasteiger partial charge in [-0.05, 0) is 42.3 Å². The Hall–Kier alpha value is -1.58. The number of aromatic nitrogens is 3. The van der Waals surface area contributed by atoms with E-state index in [-0.39, 0.29) is 57.3 Å². The Morgan fingerprint density at radius 1 is 1.30 bits per heavy atom. The van der Waals surface area contributed by atoms with Crippen LogP contribution in [0.2, 0.25) is 0 Å². The summed E-state index contributed by atoms with van der Waals surface area (Å²) in [6.07, 6.45) is 9.20. The molecule has 0 aliphatic heterocycles. The summed E-state index contributed by atoms with van der Waals surface area (Å²) >= 11 is 0. The minimum Gasteiger partial charge on any atom is -0.469 e. The van der Waals surface area contributed by atoms with E-state index in [1.807, 2.05) is 25.1 Å². The average Bonchev–Trinajstić information content (AvgIpc) is 3.52. The Bertz CT molecular complexity index is 1010. The van der Waals surface area contributed by atoms with Crippen molar-refractivity contribution in [2.24, 2.45) is 5.92 Å².